The van der Waals surface area contributed by atoms with E-state index in [4.69, 9.17) is 14.5 Å². The highest BCUT2D eigenvalue weighted by Gasteiger charge is 2.16. The molecular weight excluding hydrogens is 388 g/mol. The summed E-state index contributed by atoms with van der Waals surface area (Å²) >= 11 is 0. The number of aliphatic imine (C=N–C) groups is 1. The van der Waals surface area contributed by atoms with E-state index in [0.717, 1.165) is 62.5 Å². The maximum absolute atomic E-state index is 6.25. The number of benzene rings is 1. The summed E-state index contributed by atoms with van der Waals surface area (Å²) in [6.07, 6.45) is 10.2. The number of likely N-dealkylation sites (tertiary alicyclic amines) is 1. The van der Waals surface area contributed by atoms with Crippen LogP contribution in [0.2, 0.25) is 0 Å². The molecule has 0 spiro atoms. The van der Waals surface area contributed by atoms with Gasteiger partial charge in [-0.05, 0) is 69.5 Å². The quantitative estimate of drug-likeness (QED) is 0.780. The largest absolute Gasteiger partial charge is 0.490 e. The van der Waals surface area contributed by atoms with Crippen LogP contribution in [-0.4, -0.2) is 55.1 Å². The number of pyridine rings is 1. The van der Waals surface area contributed by atoms with E-state index < -0.39 is 0 Å². The maximum Gasteiger partial charge on any atom is 0.230 e. The third-order valence-electron chi connectivity index (χ3n) is 5.83. The molecule has 166 valence electrons. The molecule has 1 N–H and O–H groups in total. The van der Waals surface area contributed by atoms with Crippen LogP contribution in [-0.2, 0) is 0 Å². The van der Waals surface area contributed by atoms with E-state index in [9.17, 15) is 0 Å². The SMILES string of the molecule is c1ccc2c(c1)OCCCCCCN=C(NCCN1CCCCC1)c1cccnc1O2. The molecule has 0 aliphatic carbocycles. The van der Waals surface area contributed by atoms with Gasteiger partial charge in [0.25, 0.3) is 0 Å². The number of aromatic nitrogens is 1. The van der Waals surface area contributed by atoms with Gasteiger partial charge in [-0.1, -0.05) is 25.0 Å². The normalized spacial score (nSPS) is 18.4. The second kappa shape index (κ2) is 11.7. The molecule has 2 aliphatic rings. The van der Waals surface area contributed by atoms with Gasteiger partial charge >= 0.3 is 0 Å². The van der Waals surface area contributed by atoms with E-state index in [-0.39, 0.29) is 0 Å². The first kappa shape index (κ1) is 21.6. The first-order valence-electron chi connectivity index (χ1n) is 11.8. The summed E-state index contributed by atoms with van der Waals surface area (Å²) in [5.74, 6) is 2.87. The molecule has 6 heteroatoms. The maximum atomic E-state index is 6.25. The first-order valence-corrected chi connectivity index (χ1v) is 11.8. The molecule has 0 atom stereocenters. The Labute approximate surface area is 185 Å². The summed E-state index contributed by atoms with van der Waals surface area (Å²) in [4.78, 5) is 12.0. The van der Waals surface area contributed by atoms with Gasteiger partial charge in [0.05, 0.1) is 12.2 Å². The lowest BCUT2D eigenvalue weighted by Crippen LogP contribution is -2.38. The number of fused-ring (bicyclic) bond motifs is 2. The average Bonchev–Trinajstić information content (AvgIpc) is 2.81. The number of amidine groups is 1. The van der Waals surface area contributed by atoms with Crippen LogP contribution in [0.3, 0.4) is 0 Å². The van der Waals surface area contributed by atoms with Crippen LogP contribution in [0.4, 0.5) is 0 Å². The van der Waals surface area contributed by atoms with Crippen molar-refractivity contribution in [3.05, 3.63) is 48.2 Å². The minimum atomic E-state index is 0.555. The van der Waals surface area contributed by atoms with Crippen LogP contribution in [0, 0.1) is 0 Å². The van der Waals surface area contributed by atoms with Crippen molar-refractivity contribution in [3.8, 4) is 17.4 Å². The molecule has 0 unspecified atom stereocenters. The fourth-order valence-electron chi connectivity index (χ4n) is 4.10. The number of nitrogens with zero attached hydrogens (tertiary/aromatic N) is 3. The molecule has 1 fully saturated rings. The van der Waals surface area contributed by atoms with Crippen LogP contribution in [0.25, 0.3) is 0 Å². The summed E-state index contributed by atoms with van der Waals surface area (Å²) in [6, 6.07) is 11.8. The van der Waals surface area contributed by atoms with Gasteiger partial charge in [-0.15, -0.1) is 0 Å². The Balaban J connectivity index is 1.54. The Bertz CT molecular complexity index is 849. The molecule has 4 rings (SSSR count). The number of hydrogen-bond donors (Lipinski definition) is 1. The van der Waals surface area contributed by atoms with Crippen molar-refractivity contribution in [2.45, 2.75) is 44.9 Å². The highest BCUT2D eigenvalue weighted by atomic mass is 16.5. The predicted octanol–water partition coefficient (Wildman–Crippen LogP) is 4.65. The third-order valence-corrected chi connectivity index (χ3v) is 5.83. The van der Waals surface area contributed by atoms with Gasteiger partial charge < -0.3 is 19.7 Å². The Hall–Kier alpha value is -2.60. The van der Waals surface area contributed by atoms with Crippen molar-refractivity contribution in [2.24, 2.45) is 4.99 Å². The highest BCUT2D eigenvalue weighted by molar-refractivity contribution is 6.00. The van der Waals surface area contributed by atoms with E-state index >= 15 is 0 Å². The molecule has 1 saturated heterocycles. The van der Waals surface area contributed by atoms with Gasteiger partial charge in [0.2, 0.25) is 5.88 Å². The van der Waals surface area contributed by atoms with Gasteiger partial charge in [0.1, 0.15) is 5.84 Å². The summed E-state index contributed by atoms with van der Waals surface area (Å²) in [6.45, 7) is 5.80. The van der Waals surface area contributed by atoms with E-state index in [1.54, 1.807) is 6.20 Å². The van der Waals surface area contributed by atoms with Crippen molar-refractivity contribution >= 4 is 5.84 Å². The smallest absolute Gasteiger partial charge is 0.230 e. The van der Waals surface area contributed by atoms with Crippen molar-refractivity contribution in [3.63, 3.8) is 0 Å². The second-order valence-electron chi connectivity index (χ2n) is 8.23. The third kappa shape index (κ3) is 6.44. The van der Waals surface area contributed by atoms with E-state index in [1.807, 2.05) is 36.4 Å². The second-order valence-corrected chi connectivity index (χ2v) is 8.23. The number of rotatable bonds is 3. The zero-order valence-corrected chi connectivity index (χ0v) is 18.4. The summed E-state index contributed by atoms with van der Waals surface area (Å²) in [5.41, 5.74) is 0.896. The van der Waals surface area contributed by atoms with E-state index in [2.05, 4.69) is 15.2 Å². The van der Waals surface area contributed by atoms with E-state index in [0.29, 0.717) is 18.2 Å². The van der Waals surface area contributed by atoms with Crippen molar-refractivity contribution in [2.75, 3.05) is 39.3 Å². The number of para-hydroxylation sites is 2. The topological polar surface area (TPSA) is 59.0 Å². The zero-order valence-electron chi connectivity index (χ0n) is 18.4. The van der Waals surface area contributed by atoms with Crippen LogP contribution in [0.15, 0.2) is 47.6 Å². The molecule has 3 heterocycles. The number of nitrogens with one attached hydrogen (secondary N) is 1. The summed E-state index contributed by atoms with van der Waals surface area (Å²) in [5, 5.41) is 3.59. The molecule has 0 amide bonds. The summed E-state index contributed by atoms with van der Waals surface area (Å²) < 4.78 is 12.2. The minimum Gasteiger partial charge on any atom is -0.490 e. The predicted molar refractivity (Wildman–Crippen MR) is 124 cm³/mol. The highest BCUT2D eigenvalue weighted by Crippen LogP contribution is 2.32. The molecule has 2 aliphatic heterocycles. The first-order chi connectivity index (χ1) is 15.4. The monoisotopic (exact) mass is 422 g/mol. The fraction of sp³-hybridized carbons (Fsp3) is 0.520. The molecule has 1 aromatic heterocycles. The van der Waals surface area contributed by atoms with Crippen molar-refractivity contribution < 1.29 is 9.47 Å². The molecule has 2 aromatic rings. The standard InChI is InChI=1S/C25H34N4O2/c1-2-9-20-30-22-12-4-5-13-23(22)31-25-21(11-10-15-28-25)24(26-14-6-1)27-16-19-29-17-7-3-8-18-29/h4-5,10-13,15H,1-3,6-9,14,16-20H2,(H,26,27). The van der Waals surface area contributed by atoms with Gasteiger partial charge in [0.15, 0.2) is 11.5 Å². The van der Waals surface area contributed by atoms with Gasteiger partial charge in [-0.2, -0.15) is 0 Å². The Kier molecular flexibility index (Phi) is 8.16. The van der Waals surface area contributed by atoms with Gasteiger partial charge in [0, 0.05) is 25.8 Å². The van der Waals surface area contributed by atoms with Gasteiger partial charge in [-0.25, -0.2) is 4.98 Å². The lowest BCUT2D eigenvalue weighted by molar-refractivity contribution is 0.232. The van der Waals surface area contributed by atoms with Crippen LogP contribution >= 0.6 is 0 Å². The van der Waals surface area contributed by atoms with Crippen LogP contribution < -0.4 is 14.8 Å². The molecule has 0 radical (unpaired) electrons. The Morgan fingerprint density at radius 2 is 1.68 bits per heavy atom. The van der Waals surface area contributed by atoms with E-state index in [1.165, 1.54) is 32.4 Å². The van der Waals surface area contributed by atoms with Gasteiger partial charge in [-0.3, -0.25) is 4.99 Å². The molecular formula is C25H34N4O2. The van der Waals surface area contributed by atoms with Crippen molar-refractivity contribution in [1.29, 1.82) is 0 Å². The number of piperidine rings is 1. The van der Waals surface area contributed by atoms with Crippen molar-refractivity contribution in [1.82, 2.24) is 15.2 Å². The molecule has 31 heavy (non-hydrogen) atoms. The molecule has 0 bridgehead atoms. The van der Waals surface area contributed by atoms with Crippen LogP contribution in [0.5, 0.6) is 17.4 Å². The lowest BCUT2D eigenvalue weighted by Gasteiger charge is -2.26. The minimum absolute atomic E-state index is 0.555. The fourth-order valence-corrected chi connectivity index (χ4v) is 4.10. The number of ether oxygens (including phenoxy) is 2. The Morgan fingerprint density at radius 1 is 0.871 bits per heavy atom. The van der Waals surface area contributed by atoms with Crippen LogP contribution in [0.1, 0.15) is 50.5 Å². The lowest BCUT2D eigenvalue weighted by atomic mass is 10.1. The Morgan fingerprint density at radius 3 is 2.58 bits per heavy atom. The average molecular weight is 423 g/mol. The summed E-state index contributed by atoms with van der Waals surface area (Å²) in [7, 11) is 0. The zero-order chi connectivity index (χ0) is 21.1. The number of hydrogen-bond acceptors (Lipinski definition) is 6. The molecule has 6 nitrogen and oxygen atoms in total. The molecule has 1 aromatic carbocycles. The molecule has 0 saturated carbocycles.